The first-order valence-electron chi connectivity index (χ1n) is 13.7. The molecular formula is C32H27ClN2O8. The summed E-state index contributed by atoms with van der Waals surface area (Å²) in [6, 6.07) is 19.2. The van der Waals surface area contributed by atoms with E-state index < -0.39 is 16.8 Å². The van der Waals surface area contributed by atoms with Gasteiger partial charge in [0.2, 0.25) is 6.79 Å². The Morgan fingerprint density at radius 1 is 1.05 bits per heavy atom. The highest BCUT2D eigenvalue weighted by Gasteiger charge is 2.44. The standard InChI is InChI=1S/C32H27ClN2O8/c1-18-29(32(37)41-12-11-40-22-5-3-2-4-6-22)30(23-15-27-28(43-17-42-27)16-25(23)35(38)39)31-24(34-18)13-20(14-26(31)36)19-7-9-21(33)10-8-19/h2-10,15-16,20,30,34H,11-14,17H2,1H3/t20-,30+/m1/s1. The Morgan fingerprint density at radius 3 is 2.49 bits per heavy atom. The number of hydrogen-bond donors (Lipinski definition) is 1. The lowest BCUT2D eigenvalue weighted by molar-refractivity contribution is -0.385. The van der Waals surface area contributed by atoms with E-state index >= 15 is 0 Å². The Balaban J connectivity index is 1.37. The van der Waals surface area contributed by atoms with E-state index in [1.54, 1.807) is 31.2 Å². The zero-order valence-electron chi connectivity index (χ0n) is 23.1. The number of carbonyl (C=O) groups is 2. The molecule has 0 aromatic heterocycles. The molecule has 43 heavy (non-hydrogen) atoms. The summed E-state index contributed by atoms with van der Waals surface area (Å²) in [5, 5.41) is 16.2. The van der Waals surface area contributed by atoms with Crippen molar-refractivity contribution in [3.05, 3.63) is 116 Å². The second-order valence-corrected chi connectivity index (χ2v) is 10.8. The minimum atomic E-state index is -1.06. The van der Waals surface area contributed by atoms with Gasteiger partial charge >= 0.3 is 5.97 Å². The maximum Gasteiger partial charge on any atom is 0.336 e. The van der Waals surface area contributed by atoms with Gasteiger partial charge in [-0.25, -0.2) is 4.79 Å². The molecule has 2 heterocycles. The van der Waals surface area contributed by atoms with Gasteiger partial charge in [-0.05, 0) is 55.2 Å². The number of halogens is 1. The quantitative estimate of drug-likeness (QED) is 0.144. The minimum Gasteiger partial charge on any atom is -0.490 e. The van der Waals surface area contributed by atoms with E-state index in [-0.39, 0.29) is 60.7 Å². The molecule has 0 unspecified atom stereocenters. The van der Waals surface area contributed by atoms with Crippen molar-refractivity contribution in [2.45, 2.75) is 31.6 Å². The Kier molecular flexibility index (Phi) is 7.77. The molecule has 220 valence electrons. The van der Waals surface area contributed by atoms with Crippen molar-refractivity contribution < 1.29 is 33.5 Å². The fraction of sp³-hybridized carbons (Fsp3) is 0.250. The highest BCUT2D eigenvalue weighted by atomic mass is 35.5. The molecule has 0 bridgehead atoms. The van der Waals surface area contributed by atoms with E-state index in [1.807, 2.05) is 30.3 Å². The van der Waals surface area contributed by atoms with Gasteiger partial charge in [-0.3, -0.25) is 14.9 Å². The van der Waals surface area contributed by atoms with Gasteiger partial charge < -0.3 is 24.3 Å². The van der Waals surface area contributed by atoms with Crippen LogP contribution in [0, 0.1) is 10.1 Å². The molecule has 6 rings (SSSR count). The topological polar surface area (TPSA) is 126 Å². The molecule has 3 aromatic rings. The molecule has 3 aliphatic rings. The third-order valence-corrected chi connectivity index (χ3v) is 8.00. The number of dihydropyridines is 1. The fourth-order valence-corrected chi connectivity index (χ4v) is 5.94. The molecule has 0 spiro atoms. The van der Waals surface area contributed by atoms with Crippen LogP contribution in [0.25, 0.3) is 0 Å². The number of Topliss-reactive ketones (excluding diaryl/α,β-unsaturated/α-hetero) is 1. The van der Waals surface area contributed by atoms with E-state index in [1.165, 1.54) is 12.1 Å². The van der Waals surface area contributed by atoms with Crippen LogP contribution < -0.4 is 19.5 Å². The molecule has 0 radical (unpaired) electrons. The number of nitro benzene ring substituents is 1. The van der Waals surface area contributed by atoms with E-state index in [9.17, 15) is 19.7 Å². The molecule has 0 saturated carbocycles. The number of nitrogens with zero attached hydrogens (tertiary/aromatic N) is 1. The van der Waals surface area contributed by atoms with Crippen molar-refractivity contribution >= 4 is 29.0 Å². The minimum absolute atomic E-state index is 0.0705. The predicted octanol–water partition coefficient (Wildman–Crippen LogP) is 5.96. The third-order valence-electron chi connectivity index (χ3n) is 7.75. The lowest BCUT2D eigenvalue weighted by atomic mass is 9.71. The smallest absolute Gasteiger partial charge is 0.336 e. The van der Waals surface area contributed by atoms with Gasteiger partial charge in [0.1, 0.15) is 19.0 Å². The molecule has 1 N–H and O–H groups in total. The lowest BCUT2D eigenvalue weighted by Gasteiger charge is -2.36. The van der Waals surface area contributed by atoms with Crippen LogP contribution in [0.1, 0.15) is 42.7 Å². The van der Waals surface area contributed by atoms with Crippen LogP contribution in [0.5, 0.6) is 17.2 Å². The van der Waals surface area contributed by atoms with Crippen molar-refractivity contribution in [3.8, 4) is 17.2 Å². The average Bonchev–Trinajstić information content (AvgIpc) is 3.46. The van der Waals surface area contributed by atoms with Crippen LogP contribution in [0.2, 0.25) is 5.02 Å². The number of carbonyl (C=O) groups excluding carboxylic acids is 2. The molecule has 0 fully saturated rings. The SMILES string of the molecule is CC1=C(C(=O)OCCOc2ccccc2)[C@H](c2cc3c(cc2[N+](=O)[O-])OCO3)C2=C(C[C@@H](c3ccc(Cl)cc3)CC2=O)N1. The van der Waals surface area contributed by atoms with Crippen molar-refractivity contribution in [1.29, 1.82) is 0 Å². The predicted molar refractivity (Wildman–Crippen MR) is 156 cm³/mol. The molecule has 0 amide bonds. The van der Waals surface area contributed by atoms with Crippen molar-refractivity contribution in [1.82, 2.24) is 5.32 Å². The molecule has 2 aliphatic heterocycles. The number of fused-ring (bicyclic) bond motifs is 1. The largest absolute Gasteiger partial charge is 0.490 e. The third kappa shape index (κ3) is 5.65. The average molecular weight is 603 g/mol. The first kappa shape index (κ1) is 28.3. The number of para-hydroxylation sites is 1. The van der Waals surface area contributed by atoms with E-state index in [4.69, 9.17) is 30.5 Å². The van der Waals surface area contributed by atoms with Crippen LogP contribution in [0.3, 0.4) is 0 Å². The Hall–Kier alpha value is -4.83. The number of allylic oxidation sites excluding steroid dienone is 3. The zero-order valence-corrected chi connectivity index (χ0v) is 23.9. The summed E-state index contributed by atoms with van der Waals surface area (Å²) in [6.45, 7) is 1.63. The first-order valence-corrected chi connectivity index (χ1v) is 14.1. The Labute approximate surface area is 252 Å². The van der Waals surface area contributed by atoms with Crippen LogP contribution in [0.15, 0.2) is 89.3 Å². The number of esters is 1. The number of nitro groups is 1. The second-order valence-electron chi connectivity index (χ2n) is 10.4. The first-order chi connectivity index (χ1) is 20.8. The zero-order chi connectivity index (χ0) is 30.1. The number of nitrogens with one attached hydrogen (secondary N) is 1. The van der Waals surface area contributed by atoms with E-state index in [0.29, 0.717) is 39.9 Å². The second kappa shape index (κ2) is 11.8. The number of benzene rings is 3. The Bertz CT molecular complexity index is 1670. The van der Waals surface area contributed by atoms with E-state index in [0.717, 1.165) is 5.56 Å². The highest BCUT2D eigenvalue weighted by molar-refractivity contribution is 6.30. The van der Waals surface area contributed by atoms with Crippen LogP contribution in [-0.4, -0.2) is 36.7 Å². The van der Waals surface area contributed by atoms with Crippen molar-refractivity contribution in [2.24, 2.45) is 0 Å². The summed E-state index contributed by atoms with van der Waals surface area (Å²) in [6.07, 6.45) is 0.616. The van der Waals surface area contributed by atoms with Gasteiger partial charge in [-0.15, -0.1) is 0 Å². The van der Waals surface area contributed by atoms with Gasteiger partial charge in [0.25, 0.3) is 5.69 Å². The number of hydrogen-bond acceptors (Lipinski definition) is 9. The monoisotopic (exact) mass is 602 g/mol. The van der Waals surface area contributed by atoms with Gasteiger partial charge in [-0.1, -0.05) is 41.9 Å². The summed E-state index contributed by atoms with van der Waals surface area (Å²) < 4.78 is 22.2. The van der Waals surface area contributed by atoms with Crippen LogP contribution in [-0.2, 0) is 14.3 Å². The number of ether oxygens (including phenoxy) is 4. The molecule has 0 saturated heterocycles. The van der Waals surface area contributed by atoms with E-state index in [2.05, 4.69) is 5.32 Å². The molecule has 1 aliphatic carbocycles. The van der Waals surface area contributed by atoms with Gasteiger partial charge in [0.05, 0.1) is 22.5 Å². The van der Waals surface area contributed by atoms with Crippen LogP contribution in [0.4, 0.5) is 5.69 Å². The summed E-state index contributed by atoms with van der Waals surface area (Å²) in [5.74, 6) is -0.995. The van der Waals surface area contributed by atoms with Gasteiger partial charge in [0, 0.05) is 34.0 Å². The lowest BCUT2D eigenvalue weighted by Crippen LogP contribution is -2.36. The summed E-state index contributed by atoms with van der Waals surface area (Å²) >= 11 is 6.08. The van der Waals surface area contributed by atoms with Crippen molar-refractivity contribution in [2.75, 3.05) is 20.0 Å². The number of ketones is 1. The van der Waals surface area contributed by atoms with Gasteiger partial charge in [0.15, 0.2) is 17.3 Å². The maximum atomic E-state index is 13.9. The fourth-order valence-electron chi connectivity index (χ4n) is 5.82. The summed E-state index contributed by atoms with van der Waals surface area (Å²) in [4.78, 5) is 39.4. The molecule has 10 nitrogen and oxygen atoms in total. The molecule has 2 atom stereocenters. The van der Waals surface area contributed by atoms with Crippen molar-refractivity contribution in [3.63, 3.8) is 0 Å². The number of rotatable bonds is 8. The Morgan fingerprint density at radius 2 is 1.77 bits per heavy atom. The highest BCUT2D eigenvalue weighted by Crippen LogP contribution is 2.50. The molecule has 3 aromatic carbocycles. The molecular weight excluding hydrogens is 576 g/mol. The van der Waals surface area contributed by atoms with Crippen LogP contribution >= 0.6 is 11.6 Å². The maximum absolute atomic E-state index is 13.9. The van der Waals surface area contributed by atoms with Gasteiger partial charge in [-0.2, -0.15) is 0 Å². The summed E-state index contributed by atoms with van der Waals surface area (Å²) in [5.41, 5.74) is 2.25. The normalized spacial score (nSPS) is 19.1. The summed E-state index contributed by atoms with van der Waals surface area (Å²) in [7, 11) is 0. The molecule has 11 heteroatoms.